The summed E-state index contributed by atoms with van der Waals surface area (Å²) in [5.41, 5.74) is 0.412. The first-order valence-corrected chi connectivity index (χ1v) is 8.89. The molecule has 2 aromatic carbocycles. The number of morpholine rings is 1. The molecule has 3 N–H and O–H groups in total. The fraction of sp³-hybridized carbons (Fsp3) is 0.300. The molecule has 0 bridgehead atoms. The maximum atomic E-state index is 12.8. The fourth-order valence-corrected chi connectivity index (χ4v) is 3.57. The van der Waals surface area contributed by atoms with Crippen LogP contribution in [0.3, 0.4) is 0 Å². The molecule has 0 spiro atoms. The lowest BCUT2D eigenvalue weighted by atomic mass is 9.82. The molecular formula is C20H20N2O5. The zero-order chi connectivity index (χ0) is 19.0. The molecule has 2 aromatic rings. The second kappa shape index (κ2) is 7.02. The molecule has 0 atom stereocenters. The molecular weight excluding hydrogens is 348 g/mol. The highest BCUT2D eigenvalue weighted by atomic mass is 16.5. The summed E-state index contributed by atoms with van der Waals surface area (Å²) in [6.07, 6.45) is 0. The Kier molecular flexibility index (Phi) is 4.55. The van der Waals surface area contributed by atoms with E-state index in [0.29, 0.717) is 19.8 Å². The summed E-state index contributed by atoms with van der Waals surface area (Å²) in [6, 6.07) is 7.72. The van der Waals surface area contributed by atoms with Gasteiger partial charge in [-0.3, -0.25) is 14.5 Å². The summed E-state index contributed by atoms with van der Waals surface area (Å²) in [6.45, 7) is 4.32. The lowest BCUT2D eigenvalue weighted by molar-refractivity contribution is 0.0398. The molecule has 2 aliphatic rings. The number of carbonyl (C=O) groups excluding carboxylic acids is 2. The van der Waals surface area contributed by atoms with Crippen LogP contribution < -0.4 is 5.32 Å². The van der Waals surface area contributed by atoms with Gasteiger partial charge >= 0.3 is 0 Å². The van der Waals surface area contributed by atoms with Crippen LogP contribution in [-0.2, 0) is 4.74 Å². The van der Waals surface area contributed by atoms with Crippen LogP contribution in [0.15, 0.2) is 30.3 Å². The maximum Gasteiger partial charge on any atom is 0.198 e. The molecule has 0 radical (unpaired) electrons. The number of phenolic OH excluding ortho intramolecular Hbond substituents is 2. The van der Waals surface area contributed by atoms with Crippen molar-refractivity contribution in [1.29, 1.82) is 0 Å². The van der Waals surface area contributed by atoms with Gasteiger partial charge in [0.15, 0.2) is 17.3 Å². The molecule has 4 rings (SSSR count). The highest BCUT2D eigenvalue weighted by molar-refractivity contribution is 6.30. The average molecular weight is 368 g/mol. The minimum Gasteiger partial charge on any atom is -0.507 e. The van der Waals surface area contributed by atoms with Gasteiger partial charge in [0.2, 0.25) is 0 Å². The summed E-state index contributed by atoms with van der Waals surface area (Å²) in [7, 11) is 0. The van der Waals surface area contributed by atoms with Crippen LogP contribution in [0.2, 0.25) is 0 Å². The Labute approximate surface area is 156 Å². The van der Waals surface area contributed by atoms with E-state index in [9.17, 15) is 19.8 Å². The van der Waals surface area contributed by atoms with Crippen LogP contribution in [0.1, 0.15) is 31.8 Å². The van der Waals surface area contributed by atoms with Crippen LogP contribution in [-0.4, -0.2) is 66.1 Å². The highest BCUT2D eigenvalue weighted by Gasteiger charge is 2.35. The van der Waals surface area contributed by atoms with E-state index in [-0.39, 0.29) is 39.4 Å². The normalized spacial score (nSPS) is 16.7. The topological polar surface area (TPSA) is 99.1 Å². The van der Waals surface area contributed by atoms with Crippen molar-refractivity contribution in [2.75, 3.05) is 44.7 Å². The molecule has 0 amide bonds. The van der Waals surface area contributed by atoms with E-state index in [4.69, 9.17) is 4.74 Å². The molecule has 0 saturated carbocycles. The molecule has 0 aromatic heterocycles. The van der Waals surface area contributed by atoms with E-state index in [1.807, 2.05) is 0 Å². The first kappa shape index (κ1) is 17.5. The van der Waals surface area contributed by atoms with Gasteiger partial charge in [-0.15, -0.1) is 0 Å². The molecule has 1 fully saturated rings. The molecule has 7 nitrogen and oxygen atoms in total. The number of rotatable bonds is 4. The Morgan fingerprint density at radius 3 is 2.30 bits per heavy atom. The van der Waals surface area contributed by atoms with Gasteiger partial charge in [0.05, 0.1) is 30.0 Å². The number of carbonyl (C=O) groups is 2. The van der Waals surface area contributed by atoms with E-state index in [1.54, 1.807) is 24.3 Å². The molecule has 7 heteroatoms. The molecule has 140 valence electrons. The van der Waals surface area contributed by atoms with Crippen molar-refractivity contribution in [2.24, 2.45) is 0 Å². The van der Waals surface area contributed by atoms with E-state index >= 15 is 0 Å². The third kappa shape index (κ3) is 3.05. The zero-order valence-corrected chi connectivity index (χ0v) is 14.7. The molecule has 1 saturated heterocycles. The summed E-state index contributed by atoms with van der Waals surface area (Å²) >= 11 is 0. The monoisotopic (exact) mass is 368 g/mol. The average Bonchev–Trinajstić information content (AvgIpc) is 2.69. The molecule has 27 heavy (non-hydrogen) atoms. The standard InChI is InChI=1S/C20H20N2O5/c23-15-11-14(21-5-6-22-7-9-27-10-8-22)20(26)17-16(15)18(24)12-3-1-2-4-13(12)19(17)25/h1-4,11,21,23,26H,5-10H2. The molecule has 1 aliphatic carbocycles. The number of phenols is 2. The van der Waals surface area contributed by atoms with Gasteiger partial charge in [-0.2, -0.15) is 0 Å². The van der Waals surface area contributed by atoms with Gasteiger partial charge in [-0.25, -0.2) is 0 Å². The Hall–Kier alpha value is -2.90. The van der Waals surface area contributed by atoms with Crippen LogP contribution in [0.25, 0.3) is 0 Å². The van der Waals surface area contributed by atoms with Gasteiger partial charge in [0, 0.05) is 43.4 Å². The number of ether oxygens (including phenoxy) is 1. The Bertz CT molecular complexity index is 919. The second-order valence-corrected chi connectivity index (χ2v) is 6.63. The van der Waals surface area contributed by atoms with E-state index in [2.05, 4.69) is 10.2 Å². The Morgan fingerprint density at radius 1 is 1.00 bits per heavy atom. The van der Waals surface area contributed by atoms with E-state index < -0.39 is 11.6 Å². The molecule has 0 unspecified atom stereocenters. The van der Waals surface area contributed by atoms with Crippen molar-refractivity contribution >= 4 is 17.3 Å². The van der Waals surface area contributed by atoms with Crippen LogP contribution in [0, 0.1) is 0 Å². The van der Waals surface area contributed by atoms with Crippen molar-refractivity contribution in [3.05, 3.63) is 52.6 Å². The van der Waals surface area contributed by atoms with Crippen LogP contribution >= 0.6 is 0 Å². The largest absolute Gasteiger partial charge is 0.507 e. The summed E-state index contributed by atoms with van der Waals surface area (Å²) < 4.78 is 5.31. The lowest BCUT2D eigenvalue weighted by Crippen LogP contribution is -2.39. The number of nitrogens with one attached hydrogen (secondary N) is 1. The number of fused-ring (bicyclic) bond motifs is 2. The maximum absolute atomic E-state index is 12.8. The van der Waals surface area contributed by atoms with Crippen LogP contribution in [0.5, 0.6) is 11.5 Å². The minimum absolute atomic E-state index is 0.144. The van der Waals surface area contributed by atoms with Gasteiger partial charge in [0.1, 0.15) is 5.75 Å². The number of aromatic hydroxyl groups is 2. The fourth-order valence-electron chi connectivity index (χ4n) is 3.57. The first-order chi connectivity index (χ1) is 13.1. The van der Waals surface area contributed by atoms with Gasteiger partial charge in [-0.1, -0.05) is 24.3 Å². The highest BCUT2D eigenvalue weighted by Crippen LogP contribution is 2.42. The quantitative estimate of drug-likeness (QED) is 0.475. The lowest BCUT2D eigenvalue weighted by Gasteiger charge is -2.27. The van der Waals surface area contributed by atoms with E-state index in [0.717, 1.165) is 19.6 Å². The number of hydrogen-bond donors (Lipinski definition) is 3. The number of anilines is 1. The van der Waals surface area contributed by atoms with Crippen molar-refractivity contribution in [2.45, 2.75) is 0 Å². The third-order valence-electron chi connectivity index (χ3n) is 5.00. The summed E-state index contributed by atoms with van der Waals surface area (Å²) in [5, 5.41) is 24.1. The summed E-state index contributed by atoms with van der Waals surface area (Å²) in [5.74, 6) is -1.56. The molecule has 1 heterocycles. The Balaban J connectivity index is 1.62. The smallest absolute Gasteiger partial charge is 0.198 e. The van der Waals surface area contributed by atoms with Gasteiger partial charge in [-0.05, 0) is 0 Å². The first-order valence-electron chi connectivity index (χ1n) is 8.89. The minimum atomic E-state index is -0.468. The zero-order valence-electron chi connectivity index (χ0n) is 14.7. The van der Waals surface area contributed by atoms with E-state index in [1.165, 1.54) is 6.07 Å². The molecule has 1 aliphatic heterocycles. The predicted octanol–water partition coefficient (Wildman–Crippen LogP) is 1.62. The van der Waals surface area contributed by atoms with Crippen molar-refractivity contribution in [1.82, 2.24) is 4.90 Å². The van der Waals surface area contributed by atoms with Gasteiger partial charge in [0.25, 0.3) is 0 Å². The third-order valence-corrected chi connectivity index (χ3v) is 5.00. The van der Waals surface area contributed by atoms with Crippen molar-refractivity contribution in [3.63, 3.8) is 0 Å². The number of nitrogens with zero attached hydrogens (tertiary/aromatic N) is 1. The number of benzene rings is 2. The van der Waals surface area contributed by atoms with Crippen LogP contribution in [0.4, 0.5) is 5.69 Å². The predicted molar refractivity (Wildman–Crippen MR) is 98.8 cm³/mol. The van der Waals surface area contributed by atoms with Crippen molar-refractivity contribution < 1.29 is 24.5 Å². The summed E-state index contributed by atoms with van der Waals surface area (Å²) in [4.78, 5) is 27.7. The number of ketones is 2. The SMILES string of the molecule is O=C1c2ccccc2C(=O)c2c(O)c(NCCN3CCOCC3)cc(O)c21. The number of hydrogen-bond acceptors (Lipinski definition) is 7. The second-order valence-electron chi connectivity index (χ2n) is 6.63. The van der Waals surface area contributed by atoms with Gasteiger partial charge < -0.3 is 20.3 Å². The van der Waals surface area contributed by atoms with Crippen molar-refractivity contribution in [3.8, 4) is 11.5 Å². The Morgan fingerprint density at radius 2 is 1.63 bits per heavy atom.